The van der Waals surface area contributed by atoms with Gasteiger partial charge in [0.2, 0.25) is 0 Å². The van der Waals surface area contributed by atoms with Crippen molar-refractivity contribution in [2.24, 2.45) is 0 Å². The van der Waals surface area contributed by atoms with Gasteiger partial charge < -0.3 is 9.88 Å². The minimum Gasteiger partial charge on any atom is -0.371 e. The average molecular weight is 377 g/mol. The summed E-state index contributed by atoms with van der Waals surface area (Å²) in [6, 6.07) is 12.7. The molecule has 28 heavy (non-hydrogen) atoms. The second kappa shape index (κ2) is 6.85. The highest BCUT2D eigenvalue weighted by molar-refractivity contribution is 5.75. The van der Waals surface area contributed by atoms with E-state index >= 15 is 0 Å². The standard InChI is InChI=1S/C20H19N5O3/c1-13-18(10-14(12-21)11-19(13)25(27)28)23-8-6-15(7-9-23)24-17-5-3-2-4-16(17)22-20(24)26/h2-5,10-11,15H,6-9H2,1H3,(H,22,26). The van der Waals surface area contributed by atoms with Gasteiger partial charge in [0.25, 0.3) is 5.69 Å². The van der Waals surface area contributed by atoms with Crippen molar-refractivity contribution < 1.29 is 4.92 Å². The van der Waals surface area contributed by atoms with Gasteiger partial charge in [-0.3, -0.25) is 14.7 Å². The van der Waals surface area contributed by atoms with Crippen molar-refractivity contribution in [3.8, 4) is 6.07 Å². The van der Waals surface area contributed by atoms with E-state index in [2.05, 4.69) is 9.88 Å². The first kappa shape index (κ1) is 17.8. The predicted octanol–water partition coefficient (Wildman–Crippen LogP) is 3.26. The van der Waals surface area contributed by atoms with Crippen LogP contribution < -0.4 is 10.6 Å². The van der Waals surface area contributed by atoms with Crippen LogP contribution in [0.4, 0.5) is 11.4 Å². The fourth-order valence-electron chi connectivity index (χ4n) is 4.07. The Kier molecular flexibility index (Phi) is 4.35. The smallest absolute Gasteiger partial charge is 0.326 e. The molecule has 0 aliphatic carbocycles. The number of aromatic amines is 1. The van der Waals surface area contributed by atoms with E-state index in [1.54, 1.807) is 13.0 Å². The molecule has 1 aliphatic rings. The number of nitrogens with one attached hydrogen (secondary N) is 1. The molecule has 0 bridgehead atoms. The van der Waals surface area contributed by atoms with Gasteiger partial charge >= 0.3 is 5.69 Å². The average Bonchev–Trinajstić information content (AvgIpc) is 3.04. The molecule has 1 fully saturated rings. The fourth-order valence-corrected chi connectivity index (χ4v) is 4.07. The Morgan fingerprint density at radius 1 is 1.25 bits per heavy atom. The Labute approximate surface area is 160 Å². The highest BCUT2D eigenvalue weighted by Gasteiger charge is 2.26. The molecule has 1 saturated heterocycles. The van der Waals surface area contributed by atoms with Crippen LogP contribution in [0.25, 0.3) is 11.0 Å². The monoisotopic (exact) mass is 377 g/mol. The van der Waals surface area contributed by atoms with Crippen molar-refractivity contribution in [2.75, 3.05) is 18.0 Å². The third kappa shape index (κ3) is 2.91. The van der Waals surface area contributed by atoms with E-state index in [9.17, 15) is 20.2 Å². The van der Waals surface area contributed by atoms with E-state index in [4.69, 9.17) is 0 Å². The molecule has 8 nitrogen and oxygen atoms in total. The second-order valence-electron chi connectivity index (χ2n) is 7.04. The van der Waals surface area contributed by atoms with Gasteiger partial charge in [-0.25, -0.2) is 4.79 Å². The van der Waals surface area contributed by atoms with Gasteiger partial charge in [0.1, 0.15) is 0 Å². The second-order valence-corrected chi connectivity index (χ2v) is 7.04. The first-order valence-electron chi connectivity index (χ1n) is 9.13. The number of H-pyrrole nitrogens is 1. The maximum absolute atomic E-state index is 12.4. The Balaban J connectivity index is 1.62. The number of piperidine rings is 1. The zero-order valence-electron chi connectivity index (χ0n) is 15.4. The summed E-state index contributed by atoms with van der Waals surface area (Å²) >= 11 is 0. The van der Waals surface area contributed by atoms with Crippen LogP contribution in [0.1, 0.15) is 30.0 Å². The van der Waals surface area contributed by atoms with Crippen LogP contribution in [-0.2, 0) is 0 Å². The van der Waals surface area contributed by atoms with Gasteiger partial charge in [0, 0.05) is 30.9 Å². The molecule has 1 N–H and O–H groups in total. The Hall–Kier alpha value is -3.60. The zero-order chi connectivity index (χ0) is 19.8. The number of rotatable bonds is 3. The minimum absolute atomic E-state index is 0.0379. The molecule has 2 heterocycles. The lowest BCUT2D eigenvalue weighted by Crippen LogP contribution is -2.37. The molecular formula is C20H19N5O3. The number of anilines is 1. The number of nitro groups is 1. The number of hydrogen-bond acceptors (Lipinski definition) is 5. The molecule has 8 heteroatoms. The molecule has 0 atom stereocenters. The molecule has 0 unspecified atom stereocenters. The normalized spacial score (nSPS) is 14.9. The topological polar surface area (TPSA) is 108 Å². The van der Waals surface area contributed by atoms with Crippen LogP contribution in [0.5, 0.6) is 0 Å². The van der Waals surface area contributed by atoms with Gasteiger partial charge in [-0.2, -0.15) is 5.26 Å². The number of nitriles is 1. The van der Waals surface area contributed by atoms with Crippen LogP contribution in [-0.4, -0.2) is 27.6 Å². The van der Waals surface area contributed by atoms with Crippen LogP contribution in [0.2, 0.25) is 0 Å². The third-order valence-electron chi connectivity index (χ3n) is 5.47. The van der Waals surface area contributed by atoms with Crippen molar-refractivity contribution >= 4 is 22.4 Å². The van der Waals surface area contributed by atoms with Gasteiger partial charge in [-0.05, 0) is 38.0 Å². The molecule has 0 saturated carbocycles. The predicted molar refractivity (Wildman–Crippen MR) is 106 cm³/mol. The van der Waals surface area contributed by atoms with E-state index in [0.717, 1.165) is 29.6 Å². The molecule has 0 radical (unpaired) electrons. The Bertz CT molecular complexity index is 1160. The number of fused-ring (bicyclic) bond motifs is 1. The molecule has 142 valence electrons. The summed E-state index contributed by atoms with van der Waals surface area (Å²) in [5.41, 5.74) is 3.12. The quantitative estimate of drug-likeness (QED) is 0.557. The fraction of sp³-hybridized carbons (Fsp3) is 0.300. The van der Waals surface area contributed by atoms with Gasteiger partial charge in [-0.1, -0.05) is 12.1 Å². The van der Waals surface area contributed by atoms with Crippen LogP contribution >= 0.6 is 0 Å². The van der Waals surface area contributed by atoms with Gasteiger partial charge in [0.15, 0.2) is 0 Å². The molecular weight excluding hydrogens is 358 g/mol. The number of nitro benzene ring substituents is 1. The summed E-state index contributed by atoms with van der Waals surface area (Å²) < 4.78 is 1.81. The van der Waals surface area contributed by atoms with E-state index < -0.39 is 4.92 Å². The highest BCUT2D eigenvalue weighted by atomic mass is 16.6. The van der Waals surface area contributed by atoms with Crippen molar-refractivity contribution in [3.63, 3.8) is 0 Å². The van der Waals surface area contributed by atoms with Gasteiger partial charge in [0.05, 0.1) is 33.2 Å². The summed E-state index contributed by atoms with van der Waals surface area (Å²) in [6.45, 7) is 3.03. The molecule has 0 amide bonds. The van der Waals surface area contributed by atoms with Gasteiger partial charge in [-0.15, -0.1) is 0 Å². The molecule has 1 aromatic heterocycles. The minimum atomic E-state index is -0.447. The van der Waals surface area contributed by atoms with Crippen molar-refractivity contribution in [1.82, 2.24) is 9.55 Å². The van der Waals surface area contributed by atoms with Crippen molar-refractivity contribution in [1.29, 1.82) is 5.26 Å². The number of hydrogen-bond donors (Lipinski definition) is 1. The van der Waals surface area contributed by atoms with E-state index in [0.29, 0.717) is 18.7 Å². The van der Waals surface area contributed by atoms with Crippen LogP contribution in [0.15, 0.2) is 41.2 Å². The van der Waals surface area contributed by atoms with E-state index in [1.807, 2.05) is 34.9 Å². The molecule has 3 aromatic rings. The lowest BCUT2D eigenvalue weighted by Gasteiger charge is -2.34. The maximum atomic E-state index is 12.4. The summed E-state index contributed by atoms with van der Waals surface area (Å²) in [4.78, 5) is 28.3. The summed E-state index contributed by atoms with van der Waals surface area (Å²) in [7, 11) is 0. The number of nitrogens with zero attached hydrogens (tertiary/aromatic N) is 4. The first-order chi connectivity index (χ1) is 13.5. The molecule has 1 aliphatic heterocycles. The summed E-state index contributed by atoms with van der Waals surface area (Å²) in [6.07, 6.45) is 1.48. The SMILES string of the molecule is Cc1c(N2CCC(n3c(=O)[nH]c4ccccc43)CC2)cc(C#N)cc1[N+](=O)[O-]. The first-order valence-corrected chi connectivity index (χ1v) is 9.13. The Morgan fingerprint density at radius 3 is 2.64 bits per heavy atom. The van der Waals surface area contributed by atoms with E-state index in [1.165, 1.54) is 6.07 Å². The molecule has 0 spiro atoms. The lowest BCUT2D eigenvalue weighted by atomic mass is 10.0. The number of para-hydroxylation sites is 2. The van der Waals surface area contributed by atoms with Crippen LogP contribution in [0, 0.1) is 28.4 Å². The lowest BCUT2D eigenvalue weighted by molar-refractivity contribution is -0.385. The zero-order valence-corrected chi connectivity index (χ0v) is 15.4. The largest absolute Gasteiger partial charge is 0.371 e. The highest BCUT2D eigenvalue weighted by Crippen LogP contribution is 2.34. The van der Waals surface area contributed by atoms with Crippen LogP contribution in [0.3, 0.4) is 0 Å². The Morgan fingerprint density at radius 2 is 1.96 bits per heavy atom. The number of benzene rings is 2. The molecule has 2 aromatic carbocycles. The number of imidazole rings is 1. The summed E-state index contributed by atoms with van der Waals surface area (Å²) in [5.74, 6) is 0. The number of aromatic nitrogens is 2. The van der Waals surface area contributed by atoms with E-state index in [-0.39, 0.29) is 23.0 Å². The molecule has 4 rings (SSSR count). The third-order valence-corrected chi connectivity index (χ3v) is 5.47. The van der Waals surface area contributed by atoms with Crippen molar-refractivity contribution in [3.05, 3.63) is 68.1 Å². The summed E-state index contributed by atoms with van der Waals surface area (Å²) in [5, 5.41) is 20.6. The van der Waals surface area contributed by atoms with Crippen molar-refractivity contribution in [2.45, 2.75) is 25.8 Å². The maximum Gasteiger partial charge on any atom is 0.326 e.